The van der Waals surface area contributed by atoms with E-state index < -0.39 is 0 Å². The summed E-state index contributed by atoms with van der Waals surface area (Å²) >= 11 is 5.07. The molecule has 0 bridgehead atoms. The van der Waals surface area contributed by atoms with Gasteiger partial charge in [-0.05, 0) is 36.7 Å². The molecule has 68 valence electrons. The lowest BCUT2D eigenvalue weighted by molar-refractivity contribution is 0.421. The Kier molecular flexibility index (Phi) is 3.26. The molecule has 0 radical (unpaired) electrons. The van der Waals surface area contributed by atoms with Gasteiger partial charge >= 0.3 is 0 Å². The third-order valence-electron chi connectivity index (χ3n) is 1.38. The van der Waals surface area contributed by atoms with Crippen LogP contribution in [0.25, 0.3) is 0 Å². The lowest BCUT2D eigenvalue weighted by atomic mass is 10.1. The molecule has 0 aromatic carbocycles. The van der Waals surface area contributed by atoms with Crippen LogP contribution in [0.4, 0.5) is 0 Å². The Morgan fingerprint density at radius 3 is 2.67 bits per heavy atom. The van der Waals surface area contributed by atoms with E-state index in [1.54, 1.807) is 11.3 Å². The van der Waals surface area contributed by atoms with E-state index in [1.807, 2.05) is 5.51 Å². The van der Waals surface area contributed by atoms with Gasteiger partial charge in [-0.2, -0.15) is 0 Å². The van der Waals surface area contributed by atoms with E-state index in [9.17, 15) is 0 Å². The van der Waals surface area contributed by atoms with Crippen molar-refractivity contribution in [2.75, 3.05) is 0 Å². The van der Waals surface area contributed by atoms with Crippen LogP contribution in [0.15, 0.2) is 9.30 Å². The van der Waals surface area contributed by atoms with Gasteiger partial charge in [0.25, 0.3) is 0 Å². The highest BCUT2D eigenvalue weighted by Crippen LogP contribution is 2.20. The van der Waals surface area contributed by atoms with Crippen molar-refractivity contribution in [3.8, 4) is 0 Å². The Balaban J connectivity index is 2.49. The highest BCUT2D eigenvalue weighted by atomic mass is 79.9. The molecular formula is C8H13BrN2S. The largest absolute Gasteiger partial charge is 0.306 e. The second-order valence-electron chi connectivity index (χ2n) is 3.68. The first-order valence-electron chi connectivity index (χ1n) is 3.82. The Morgan fingerprint density at radius 2 is 2.25 bits per heavy atom. The quantitative estimate of drug-likeness (QED) is 0.871. The molecule has 1 rings (SSSR count). The SMILES string of the molecule is CC(C)(C)NCc1ncsc1Br. The van der Waals surface area contributed by atoms with Gasteiger partial charge in [-0.1, -0.05) is 0 Å². The number of nitrogens with one attached hydrogen (secondary N) is 1. The number of hydrogen-bond donors (Lipinski definition) is 1. The van der Waals surface area contributed by atoms with Crippen LogP contribution < -0.4 is 5.32 Å². The summed E-state index contributed by atoms with van der Waals surface area (Å²) in [6, 6.07) is 0. The van der Waals surface area contributed by atoms with E-state index in [-0.39, 0.29) is 5.54 Å². The average Bonchev–Trinajstić information content (AvgIpc) is 2.29. The fraction of sp³-hybridized carbons (Fsp3) is 0.625. The van der Waals surface area contributed by atoms with Crippen LogP contribution in [-0.2, 0) is 6.54 Å². The first kappa shape index (κ1) is 10.2. The van der Waals surface area contributed by atoms with Crippen molar-refractivity contribution in [2.24, 2.45) is 0 Å². The summed E-state index contributed by atoms with van der Waals surface area (Å²) in [5.74, 6) is 0. The Labute approximate surface area is 85.5 Å². The molecule has 0 saturated carbocycles. The number of hydrogen-bond acceptors (Lipinski definition) is 3. The molecule has 0 aliphatic heterocycles. The minimum Gasteiger partial charge on any atom is -0.306 e. The summed E-state index contributed by atoms with van der Waals surface area (Å²) < 4.78 is 1.12. The lowest BCUT2D eigenvalue weighted by Gasteiger charge is -2.19. The van der Waals surface area contributed by atoms with Crippen LogP contribution in [0.5, 0.6) is 0 Å². The van der Waals surface area contributed by atoms with E-state index in [0.717, 1.165) is 16.0 Å². The highest BCUT2D eigenvalue weighted by Gasteiger charge is 2.10. The van der Waals surface area contributed by atoms with Crippen molar-refractivity contribution < 1.29 is 0 Å². The van der Waals surface area contributed by atoms with Gasteiger partial charge in [-0.15, -0.1) is 11.3 Å². The average molecular weight is 249 g/mol. The number of thiazole rings is 1. The van der Waals surface area contributed by atoms with Gasteiger partial charge in [-0.25, -0.2) is 4.98 Å². The van der Waals surface area contributed by atoms with Crippen LogP contribution >= 0.6 is 27.3 Å². The van der Waals surface area contributed by atoms with E-state index in [4.69, 9.17) is 0 Å². The molecule has 0 spiro atoms. The smallest absolute Gasteiger partial charge is 0.0942 e. The zero-order valence-electron chi connectivity index (χ0n) is 7.52. The van der Waals surface area contributed by atoms with Crippen LogP contribution in [0, 0.1) is 0 Å². The van der Waals surface area contributed by atoms with Crippen molar-refractivity contribution in [3.63, 3.8) is 0 Å². The second kappa shape index (κ2) is 3.85. The fourth-order valence-corrected chi connectivity index (χ4v) is 1.75. The van der Waals surface area contributed by atoms with Gasteiger partial charge in [-0.3, -0.25) is 0 Å². The lowest BCUT2D eigenvalue weighted by Crippen LogP contribution is -2.35. The molecule has 4 heteroatoms. The summed E-state index contributed by atoms with van der Waals surface area (Å²) in [6.45, 7) is 7.27. The van der Waals surface area contributed by atoms with Crippen LogP contribution in [0.1, 0.15) is 26.5 Å². The van der Waals surface area contributed by atoms with E-state index in [0.29, 0.717) is 0 Å². The molecule has 1 heterocycles. The van der Waals surface area contributed by atoms with Crippen LogP contribution in [0.3, 0.4) is 0 Å². The zero-order valence-corrected chi connectivity index (χ0v) is 9.92. The second-order valence-corrected chi connectivity index (χ2v) is 5.85. The minimum absolute atomic E-state index is 0.156. The first-order valence-corrected chi connectivity index (χ1v) is 5.49. The molecule has 0 aliphatic rings. The van der Waals surface area contributed by atoms with Crippen molar-refractivity contribution in [3.05, 3.63) is 15.0 Å². The molecular weight excluding hydrogens is 236 g/mol. The van der Waals surface area contributed by atoms with Gasteiger partial charge in [0, 0.05) is 12.1 Å². The highest BCUT2D eigenvalue weighted by molar-refractivity contribution is 9.11. The topological polar surface area (TPSA) is 24.9 Å². The predicted octanol–water partition coefficient (Wildman–Crippen LogP) is 2.79. The molecule has 1 N–H and O–H groups in total. The number of nitrogens with zero attached hydrogens (tertiary/aromatic N) is 1. The Hall–Kier alpha value is 0.0700. The molecule has 0 unspecified atom stereocenters. The van der Waals surface area contributed by atoms with Crippen molar-refractivity contribution in [2.45, 2.75) is 32.9 Å². The molecule has 1 aromatic heterocycles. The summed E-state index contributed by atoms with van der Waals surface area (Å²) in [5, 5.41) is 3.38. The third kappa shape index (κ3) is 3.21. The van der Waals surface area contributed by atoms with Gasteiger partial charge in [0.05, 0.1) is 15.0 Å². The van der Waals surface area contributed by atoms with Crippen LogP contribution in [0.2, 0.25) is 0 Å². The van der Waals surface area contributed by atoms with Gasteiger partial charge in [0.2, 0.25) is 0 Å². The normalized spacial score (nSPS) is 12.0. The van der Waals surface area contributed by atoms with E-state index >= 15 is 0 Å². The van der Waals surface area contributed by atoms with E-state index in [1.165, 1.54) is 0 Å². The number of rotatable bonds is 2. The van der Waals surface area contributed by atoms with Gasteiger partial charge < -0.3 is 5.32 Å². The standard InChI is InChI=1S/C8H13BrN2S/c1-8(2,3)11-4-6-7(9)12-5-10-6/h5,11H,4H2,1-3H3. The molecule has 0 saturated heterocycles. The molecule has 2 nitrogen and oxygen atoms in total. The van der Waals surface area contributed by atoms with Crippen molar-refractivity contribution >= 4 is 27.3 Å². The maximum absolute atomic E-state index is 4.23. The van der Waals surface area contributed by atoms with E-state index in [2.05, 4.69) is 47.0 Å². The van der Waals surface area contributed by atoms with Gasteiger partial charge in [0.1, 0.15) is 0 Å². The molecule has 1 aromatic rings. The minimum atomic E-state index is 0.156. The summed E-state index contributed by atoms with van der Waals surface area (Å²) in [7, 11) is 0. The molecule has 0 aliphatic carbocycles. The monoisotopic (exact) mass is 248 g/mol. The third-order valence-corrected chi connectivity index (χ3v) is 3.05. The maximum Gasteiger partial charge on any atom is 0.0942 e. The fourth-order valence-electron chi connectivity index (χ4n) is 0.719. The van der Waals surface area contributed by atoms with Crippen molar-refractivity contribution in [1.29, 1.82) is 0 Å². The maximum atomic E-state index is 4.23. The molecule has 0 atom stereocenters. The number of aromatic nitrogens is 1. The summed E-state index contributed by atoms with van der Waals surface area (Å²) in [6.07, 6.45) is 0. The Morgan fingerprint density at radius 1 is 1.58 bits per heavy atom. The van der Waals surface area contributed by atoms with Crippen molar-refractivity contribution in [1.82, 2.24) is 10.3 Å². The summed E-state index contributed by atoms with van der Waals surface area (Å²) in [4.78, 5) is 4.23. The first-order chi connectivity index (χ1) is 5.49. The number of halogens is 1. The molecule has 0 fully saturated rings. The molecule has 12 heavy (non-hydrogen) atoms. The van der Waals surface area contributed by atoms with Gasteiger partial charge in [0.15, 0.2) is 0 Å². The van der Waals surface area contributed by atoms with Crippen LogP contribution in [-0.4, -0.2) is 10.5 Å². The predicted molar refractivity (Wildman–Crippen MR) is 56.4 cm³/mol. The molecule has 0 amide bonds. The summed E-state index contributed by atoms with van der Waals surface area (Å²) in [5.41, 5.74) is 3.10. The zero-order chi connectivity index (χ0) is 9.19. The Bertz CT molecular complexity index is 252.